The molecule has 1 aliphatic rings. The van der Waals surface area contributed by atoms with Gasteiger partial charge in [-0.2, -0.15) is 17.5 Å². The molecule has 0 saturated carbocycles. The zero-order valence-electron chi connectivity index (χ0n) is 18.4. The van der Waals surface area contributed by atoms with Crippen molar-refractivity contribution in [3.05, 3.63) is 52.2 Å². The van der Waals surface area contributed by atoms with Gasteiger partial charge in [0.2, 0.25) is 10.0 Å². The Labute approximate surface area is 181 Å². The van der Waals surface area contributed by atoms with Crippen molar-refractivity contribution in [2.45, 2.75) is 58.7 Å². The fraction of sp³-hybridized carbons (Fsp3) is 0.500. The third-order valence-electron chi connectivity index (χ3n) is 5.76. The van der Waals surface area contributed by atoms with Gasteiger partial charge in [-0.3, -0.25) is 0 Å². The molecule has 1 aliphatic heterocycles. The number of fused-ring (bicyclic) bond motifs is 1. The fourth-order valence-corrected chi connectivity index (χ4v) is 5.17. The molecule has 0 bridgehead atoms. The third-order valence-corrected chi connectivity index (χ3v) is 7.63. The molecule has 1 aromatic carbocycles. The zero-order valence-corrected chi connectivity index (χ0v) is 19.2. The predicted molar refractivity (Wildman–Crippen MR) is 115 cm³/mol. The van der Waals surface area contributed by atoms with E-state index in [1.54, 1.807) is 13.0 Å². The fourth-order valence-electron chi connectivity index (χ4n) is 3.66. The number of pyridine rings is 1. The second kappa shape index (κ2) is 8.09. The summed E-state index contributed by atoms with van der Waals surface area (Å²) >= 11 is 0. The number of alkyl halides is 3. The van der Waals surface area contributed by atoms with E-state index in [0.717, 1.165) is 36.1 Å². The molecule has 5 nitrogen and oxygen atoms in total. The Morgan fingerprint density at radius 3 is 2.45 bits per heavy atom. The van der Waals surface area contributed by atoms with Gasteiger partial charge in [-0.15, -0.1) is 0 Å². The molecule has 3 rings (SSSR count). The van der Waals surface area contributed by atoms with E-state index in [2.05, 4.69) is 16.4 Å². The maximum absolute atomic E-state index is 13.5. The number of aromatic nitrogens is 1. The normalized spacial score (nSPS) is 15.6. The van der Waals surface area contributed by atoms with Crippen LogP contribution in [0.5, 0.6) is 0 Å². The average Bonchev–Trinajstić information content (AvgIpc) is 2.65. The molecular formula is C22H28F3N3O2S. The summed E-state index contributed by atoms with van der Waals surface area (Å²) in [6.07, 6.45) is -3.85. The van der Waals surface area contributed by atoms with Crippen molar-refractivity contribution in [3.8, 4) is 0 Å². The summed E-state index contributed by atoms with van der Waals surface area (Å²) in [5, 5.41) is 2.65. The van der Waals surface area contributed by atoms with Crippen LogP contribution in [-0.2, 0) is 23.0 Å². The molecule has 2 aromatic rings. The first-order chi connectivity index (χ1) is 14.2. The van der Waals surface area contributed by atoms with Crippen LogP contribution in [0.2, 0.25) is 0 Å². The van der Waals surface area contributed by atoms with Crippen LogP contribution in [0.3, 0.4) is 0 Å². The molecule has 0 fully saturated rings. The lowest BCUT2D eigenvalue weighted by Gasteiger charge is -2.31. The second-order valence-electron chi connectivity index (χ2n) is 8.84. The van der Waals surface area contributed by atoms with E-state index in [0.29, 0.717) is 18.7 Å². The highest BCUT2D eigenvalue weighted by Crippen LogP contribution is 2.38. The molecule has 1 N–H and O–H groups in total. The first kappa shape index (κ1) is 23.5. The highest BCUT2D eigenvalue weighted by molar-refractivity contribution is 7.89. The lowest BCUT2D eigenvalue weighted by molar-refractivity contribution is -0.206. The maximum Gasteiger partial charge on any atom is 0.395 e. The minimum atomic E-state index is -4.44. The van der Waals surface area contributed by atoms with Gasteiger partial charge >= 0.3 is 6.18 Å². The van der Waals surface area contributed by atoms with E-state index in [-0.39, 0.29) is 17.3 Å². The van der Waals surface area contributed by atoms with Crippen LogP contribution in [0.4, 0.5) is 19.0 Å². The number of sulfonamides is 1. The molecule has 0 radical (unpaired) electrons. The Kier molecular flexibility index (Phi) is 6.14. The van der Waals surface area contributed by atoms with Crippen molar-refractivity contribution in [2.24, 2.45) is 5.41 Å². The Balaban J connectivity index is 1.93. The molecule has 9 heteroatoms. The number of anilines is 1. The van der Waals surface area contributed by atoms with Gasteiger partial charge in [0.25, 0.3) is 0 Å². The first-order valence-electron chi connectivity index (χ1n) is 10.1. The number of hydrogen-bond donors (Lipinski definition) is 1. The number of benzene rings is 1. The predicted octanol–water partition coefficient (Wildman–Crippen LogP) is 4.75. The smallest absolute Gasteiger partial charge is 0.368 e. The lowest BCUT2D eigenvalue weighted by atomic mass is 9.93. The van der Waals surface area contributed by atoms with Crippen LogP contribution in [0.1, 0.15) is 41.8 Å². The minimum Gasteiger partial charge on any atom is -0.368 e. The van der Waals surface area contributed by atoms with Crippen molar-refractivity contribution in [2.75, 3.05) is 18.4 Å². The molecule has 170 valence electrons. The molecule has 1 aromatic heterocycles. The summed E-state index contributed by atoms with van der Waals surface area (Å²) in [7, 11) is -3.96. The van der Waals surface area contributed by atoms with Gasteiger partial charge in [0.1, 0.15) is 10.7 Å². The molecule has 31 heavy (non-hydrogen) atoms. The quantitative estimate of drug-likeness (QED) is 0.707. The van der Waals surface area contributed by atoms with Crippen LogP contribution in [0, 0.1) is 26.2 Å². The van der Waals surface area contributed by atoms with Gasteiger partial charge < -0.3 is 5.32 Å². The number of hydrogen-bond acceptors (Lipinski definition) is 4. The van der Waals surface area contributed by atoms with Crippen molar-refractivity contribution in [1.82, 2.24) is 9.29 Å². The monoisotopic (exact) mass is 455 g/mol. The topological polar surface area (TPSA) is 62.3 Å². The maximum atomic E-state index is 13.5. The molecule has 2 heterocycles. The number of aryl methyl sites for hydroxylation is 3. The number of nitrogens with zero attached hydrogens (tertiary/aromatic N) is 2. The first-order valence-corrected chi connectivity index (χ1v) is 11.5. The largest absolute Gasteiger partial charge is 0.395 e. The van der Waals surface area contributed by atoms with E-state index < -0.39 is 28.2 Å². The Bertz CT molecular complexity index is 1100. The van der Waals surface area contributed by atoms with Crippen LogP contribution in [0.15, 0.2) is 29.2 Å². The van der Waals surface area contributed by atoms with Crippen LogP contribution >= 0.6 is 0 Å². The summed E-state index contributed by atoms with van der Waals surface area (Å²) < 4.78 is 68.1. The Morgan fingerprint density at radius 1 is 1.13 bits per heavy atom. The summed E-state index contributed by atoms with van der Waals surface area (Å²) in [6.45, 7) is 7.81. The molecule has 0 spiro atoms. The summed E-state index contributed by atoms with van der Waals surface area (Å²) in [5.41, 5.74) is 2.75. The van der Waals surface area contributed by atoms with E-state index in [4.69, 9.17) is 0 Å². The van der Waals surface area contributed by atoms with E-state index in [1.165, 1.54) is 10.4 Å². The number of nitrogens with one attached hydrogen (secondary N) is 1. The van der Waals surface area contributed by atoms with E-state index in [1.807, 2.05) is 19.9 Å². The molecule has 0 aliphatic carbocycles. The van der Waals surface area contributed by atoms with Gasteiger partial charge in [0.05, 0.1) is 5.41 Å². The van der Waals surface area contributed by atoms with E-state index >= 15 is 0 Å². The molecule has 0 saturated heterocycles. The molecular weight excluding hydrogens is 427 g/mol. The second-order valence-corrected chi connectivity index (χ2v) is 10.7. The minimum absolute atomic E-state index is 0.0521. The summed E-state index contributed by atoms with van der Waals surface area (Å²) in [5.74, 6) is -0.0521. The highest BCUT2D eigenvalue weighted by Gasteiger charge is 2.47. The van der Waals surface area contributed by atoms with Crippen molar-refractivity contribution in [3.63, 3.8) is 0 Å². The average molecular weight is 456 g/mol. The Morgan fingerprint density at radius 2 is 1.81 bits per heavy atom. The van der Waals surface area contributed by atoms with Crippen molar-refractivity contribution >= 4 is 15.8 Å². The summed E-state index contributed by atoms with van der Waals surface area (Å²) in [6, 6.07) is 7.07. The van der Waals surface area contributed by atoms with Crippen LogP contribution < -0.4 is 5.32 Å². The van der Waals surface area contributed by atoms with Crippen LogP contribution in [-0.4, -0.2) is 37.0 Å². The van der Waals surface area contributed by atoms with Gasteiger partial charge in [-0.1, -0.05) is 17.7 Å². The molecule has 0 unspecified atom stereocenters. The zero-order chi connectivity index (χ0) is 23.2. The van der Waals surface area contributed by atoms with Gasteiger partial charge in [0, 0.05) is 25.3 Å². The van der Waals surface area contributed by atoms with Crippen molar-refractivity contribution in [1.29, 1.82) is 0 Å². The van der Waals surface area contributed by atoms with Crippen molar-refractivity contribution < 1.29 is 21.6 Å². The van der Waals surface area contributed by atoms with Gasteiger partial charge in [-0.05, 0) is 69.9 Å². The lowest BCUT2D eigenvalue weighted by Crippen LogP contribution is -2.39. The van der Waals surface area contributed by atoms with Gasteiger partial charge in [0.15, 0.2) is 0 Å². The molecule has 0 amide bonds. The SMILES string of the molecule is Cc1cc(C)c2c(c1)CCN(S(=O)(=O)c1ccc(C)nc1NCC(C)(C)C(F)(F)F)C2. The standard InChI is InChI=1S/C22H28F3N3O2S/c1-14-10-15(2)18-12-28(9-8-17(18)11-14)31(29,30)19-7-6-16(3)27-20(19)26-13-21(4,5)22(23,24)25/h6-7,10-11H,8-9,12-13H2,1-5H3,(H,26,27). The molecule has 0 atom stereocenters. The highest BCUT2D eigenvalue weighted by atomic mass is 32.2. The third kappa shape index (κ3) is 4.72. The number of rotatable bonds is 5. The van der Waals surface area contributed by atoms with Gasteiger partial charge in [-0.25, -0.2) is 13.4 Å². The van der Waals surface area contributed by atoms with E-state index in [9.17, 15) is 21.6 Å². The number of halogens is 3. The Hall–Kier alpha value is -2.13. The van der Waals surface area contributed by atoms with Crippen LogP contribution in [0.25, 0.3) is 0 Å². The summed E-state index contributed by atoms with van der Waals surface area (Å²) in [4.78, 5) is 4.10.